The number of pyridine rings is 1. The maximum atomic E-state index is 12.2. The molecule has 1 aromatic rings. The van der Waals surface area contributed by atoms with Gasteiger partial charge in [-0.3, -0.25) is 14.4 Å². The van der Waals surface area contributed by atoms with Crippen molar-refractivity contribution in [3.63, 3.8) is 0 Å². The molecule has 0 radical (unpaired) electrons. The van der Waals surface area contributed by atoms with E-state index in [4.69, 9.17) is 0 Å². The predicted molar refractivity (Wildman–Crippen MR) is 84.4 cm³/mol. The summed E-state index contributed by atoms with van der Waals surface area (Å²) in [5.41, 5.74) is 0.502. The average molecular weight is 305 g/mol. The van der Waals surface area contributed by atoms with Crippen LogP contribution in [0.25, 0.3) is 0 Å². The summed E-state index contributed by atoms with van der Waals surface area (Å²) in [4.78, 5) is 39.1. The fraction of sp³-hybridized carbons (Fsp3) is 0.562. The molecule has 0 atom stereocenters. The lowest BCUT2D eigenvalue weighted by Crippen LogP contribution is -2.37. The molecule has 1 heterocycles. The van der Waals surface area contributed by atoms with E-state index in [0.29, 0.717) is 37.2 Å². The van der Waals surface area contributed by atoms with Crippen LogP contribution < -0.4 is 16.2 Å². The largest absolute Gasteiger partial charge is 0.351 e. The first-order chi connectivity index (χ1) is 10.3. The molecule has 6 nitrogen and oxygen atoms in total. The Morgan fingerprint density at radius 2 is 2.00 bits per heavy atom. The lowest BCUT2D eigenvalue weighted by molar-refractivity contribution is 0.0910. The van der Waals surface area contributed by atoms with Gasteiger partial charge in [0.1, 0.15) is 5.56 Å². The number of hydrogen-bond donors (Lipinski definition) is 3. The fourth-order valence-electron chi connectivity index (χ4n) is 2.73. The summed E-state index contributed by atoms with van der Waals surface area (Å²) in [6.45, 7) is 7.85. The molecule has 0 fully saturated rings. The Labute approximate surface area is 129 Å². The molecule has 0 aromatic carbocycles. The first kappa shape index (κ1) is 16.4. The molecule has 120 valence electrons. The number of aromatic amines is 1. The van der Waals surface area contributed by atoms with E-state index >= 15 is 0 Å². The smallest absolute Gasteiger partial charge is 0.261 e. The number of Topliss-reactive ketones (excluding diaryl/α,β-unsaturated/α-hetero) is 1. The maximum Gasteiger partial charge on any atom is 0.261 e. The van der Waals surface area contributed by atoms with Crippen molar-refractivity contribution < 1.29 is 9.59 Å². The SMILES string of the molecule is CCNCCNC(=O)c1cc2c([nH]c1=O)CC(C)(C)CC2=O. The minimum atomic E-state index is -0.445. The van der Waals surface area contributed by atoms with Gasteiger partial charge in [0.05, 0.1) is 0 Å². The van der Waals surface area contributed by atoms with Gasteiger partial charge in [-0.25, -0.2) is 0 Å². The quantitative estimate of drug-likeness (QED) is 0.704. The second-order valence-electron chi connectivity index (χ2n) is 6.45. The van der Waals surface area contributed by atoms with Crippen LogP contribution in [0, 0.1) is 5.41 Å². The Morgan fingerprint density at radius 3 is 2.68 bits per heavy atom. The Hall–Kier alpha value is -1.95. The first-order valence-electron chi connectivity index (χ1n) is 7.62. The molecular formula is C16H23N3O3. The van der Waals surface area contributed by atoms with Gasteiger partial charge in [0.2, 0.25) is 0 Å². The molecule has 0 saturated carbocycles. The van der Waals surface area contributed by atoms with Crippen molar-refractivity contribution in [1.82, 2.24) is 15.6 Å². The number of hydrogen-bond acceptors (Lipinski definition) is 4. The Kier molecular flexibility index (Phi) is 4.81. The summed E-state index contributed by atoms with van der Waals surface area (Å²) < 4.78 is 0. The van der Waals surface area contributed by atoms with Crippen LogP contribution in [0.4, 0.5) is 0 Å². The second kappa shape index (κ2) is 6.44. The normalized spacial score (nSPS) is 16.2. The summed E-state index contributed by atoms with van der Waals surface area (Å²) in [6.07, 6.45) is 1.05. The number of H-pyrrole nitrogens is 1. The summed E-state index contributed by atoms with van der Waals surface area (Å²) in [5.74, 6) is -0.469. The molecule has 3 N–H and O–H groups in total. The summed E-state index contributed by atoms with van der Waals surface area (Å²) >= 11 is 0. The molecular weight excluding hydrogens is 282 g/mol. The molecule has 6 heteroatoms. The number of rotatable bonds is 5. The van der Waals surface area contributed by atoms with Crippen LogP contribution in [-0.2, 0) is 6.42 Å². The van der Waals surface area contributed by atoms with Crippen molar-refractivity contribution in [2.24, 2.45) is 5.41 Å². The molecule has 0 aliphatic heterocycles. The molecule has 0 bridgehead atoms. The van der Waals surface area contributed by atoms with Crippen LogP contribution in [0.15, 0.2) is 10.9 Å². The Morgan fingerprint density at radius 1 is 1.27 bits per heavy atom. The van der Waals surface area contributed by atoms with Crippen molar-refractivity contribution in [3.8, 4) is 0 Å². The molecule has 1 aliphatic rings. The monoisotopic (exact) mass is 305 g/mol. The van der Waals surface area contributed by atoms with Crippen molar-refractivity contribution in [2.45, 2.75) is 33.6 Å². The number of nitrogens with one attached hydrogen (secondary N) is 3. The zero-order valence-corrected chi connectivity index (χ0v) is 13.3. The van der Waals surface area contributed by atoms with Gasteiger partial charge in [-0.2, -0.15) is 0 Å². The topological polar surface area (TPSA) is 91.1 Å². The minimum absolute atomic E-state index is 0.00306. The van der Waals surface area contributed by atoms with E-state index in [0.717, 1.165) is 6.54 Å². The van der Waals surface area contributed by atoms with Crippen LogP contribution in [0.5, 0.6) is 0 Å². The maximum absolute atomic E-state index is 12.2. The van der Waals surface area contributed by atoms with Gasteiger partial charge < -0.3 is 15.6 Å². The third kappa shape index (κ3) is 3.62. The molecule has 0 unspecified atom stereocenters. The highest BCUT2D eigenvalue weighted by molar-refractivity contribution is 6.02. The minimum Gasteiger partial charge on any atom is -0.351 e. The van der Waals surface area contributed by atoms with Crippen molar-refractivity contribution in [3.05, 3.63) is 33.2 Å². The van der Waals surface area contributed by atoms with Crippen LogP contribution in [0.2, 0.25) is 0 Å². The Bertz CT molecular complexity index is 647. The van der Waals surface area contributed by atoms with Crippen LogP contribution in [0.1, 0.15) is 53.6 Å². The number of likely N-dealkylation sites (N-methyl/N-ethyl adjacent to an activating group) is 1. The lowest BCUT2D eigenvalue weighted by atomic mass is 9.75. The van der Waals surface area contributed by atoms with Crippen LogP contribution in [0.3, 0.4) is 0 Å². The summed E-state index contributed by atoms with van der Waals surface area (Å²) in [6, 6.07) is 1.44. The molecule has 2 rings (SSSR count). The zero-order chi connectivity index (χ0) is 16.3. The second-order valence-corrected chi connectivity index (χ2v) is 6.45. The summed E-state index contributed by atoms with van der Waals surface area (Å²) in [5, 5.41) is 5.76. The first-order valence-corrected chi connectivity index (χ1v) is 7.62. The third-order valence-corrected chi connectivity index (χ3v) is 3.80. The number of carbonyl (C=O) groups is 2. The van der Waals surface area contributed by atoms with Gasteiger partial charge in [-0.15, -0.1) is 0 Å². The van der Waals surface area contributed by atoms with Gasteiger partial charge in [-0.1, -0.05) is 20.8 Å². The van der Waals surface area contributed by atoms with E-state index in [1.165, 1.54) is 6.07 Å². The van der Waals surface area contributed by atoms with Gasteiger partial charge in [0.15, 0.2) is 5.78 Å². The van der Waals surface area contributed by atoms with E-state index in [1.54, 1.807) is 0 Å². The standard InChI is InChI=1S/C16H23N3O3/c1-4-17-5-6-18-14(21)11-7-10-12(19-15(11)22)8-16(2,3)9-13(10)20/h7,17H,4-6,8-9H2,1-3H3,(H,18,21)(H,19,22). The molecule has 1 amide bonds. The van der Waals surface area contributed by atoms with Gasteiger partial charge >= 0.3 is 0 Å². The average Bonchev–Trinajstić information content (AvgIpc) is 2.41. The number of ketones is 1. The van der Waals surface area contributed by atoms with Gasteiger partial charge in [0.25, 0.3) is 11.5 Å². The lowest BCUT2D eigenvalue weighted by Gasteiger charge is -2.29. The number of aromatic nitrogens is 1. The summed E-state index contributed by atoms with van der Waals surface area (Å²) in [7, 11) is 0. The molecule has 1 aliphatic carbocycles. The highest BCUT2D eigenvalue weighted by atomic mass is 16.2. The molecule has 1 aromatic heterocycles. The highest BCUT2D eigenvalue weighted by Gasteiger charge is 2.32. The van der Waals surface area contributed by atoms with Crippen molar-refractivity contribution in [2.75, 3.05) is 19.6 Å². The van der Waals surface area contributed by atoms with Crippen LogP contribution in [-0.4, -0.2) is 36.3 Å². The van der Waals surface area contributed by atoms with E-state index in [9.17, 15) is 14.4 Å². The van der Waals surface area contributed by atoms with E-state index < -0.39 is 11.5 Å². The fourth-order valence-corrected chi connectivity index (χ4v) is 2.73. The van der Waals surface area contributed by atoms with Gasteiger partial charge in [0, 0.05) is 30.8 Å². The highest BCUT2D eigenvalue weighted by Crippen LogP contribution is 2.33. The number of fused-ring (bicyclic) bond motifs is 1. The predicted octanol–water partition coefficient (Wildman–Crippen LogP) is 0.869. The molecule has 0 saturated heterocycles. The van der Waals surface area contributed by atoms with Crippen molar-refractivity contribution in [1.29, 1.82) is 0 Å². The molecule has 22 heavy (non-hydrogen) atoms. The van der Waals surface area contributed by atoms with Gasteiger partial charge in [-0.05, 0) is 24.4 Å². The molecule has 0 spiro atoms. The zero-order valence-electron chi connectivity index (χ0n) is 13.3. The van der Waals surface area contributed by atoms with Crippen molar-refractivity contribution >= 4 is 11.7 Å². The third-order valence-electron chi connectivity index (χ3n) is 3.80. The van der Waals surface area contributed by atoms with E-state index in [-0.39, 0.29) is 16.8 Å². The van der Waals surface area contributed by atoms with E-state index in [1.807, 2.05) is 20.8 Å². The number of carbonyl (C=O) groups excluding carboxylic acids is 2. The van der Waals surface area contributed by atoms with Crippen LogP contribution >= 0.6 is 0 Å². The number of amides is 1. The Balaban J connectivity index is 2.22. The van der Waals surface area contributed by atoms with E-state index in [2.05, 4.69) is 15.6 Å².